The van der Waals surface area contributed by atoms with Crippen molar-refractivity contribution >= 4 is 50.1 Å². The van der Waals surface area contributed by atoms with Crippen molar-refractivity contribution in [3.8, 4) is 0 Å². The van der Waals surface area contributed by atoms with Crippen LogP contribution in [-0.2, 0) is 20.9 Å². The lowest BCUT2D eigenvalue weighted by molar-refractivity contribution is -0.137. The molecule has 0 radical (unpaired) electrons. The average molecular weight is 558 g/mol. The van der Waals surface area contributed by atoms with E-state index < -0.39 is 33.8 Å². The predicted molar refractivity (Wildman–Crippen MR) is 128 cm³/mol. The van der Waals surface area contributed by atoms with Gasteiger partial charge in [-0.25, -0.2) is 17.2 Å². The van der Waals surface area contributed by atoms with Gasteiger partial charge in [-0.2, -0.15) is 13.2 Å². The number of rotatable bonds is 5. The van der Waals surface area contributed by atoms with Gasteiger partial charge in [0.1, 0.15) is 6.10 Å². The molecule has 3 aromatic carbocycles. The lowest BCUT2D eigenvalue weighted by atomic mass is 10.0. The Morgan fingerprint density at radius 1 is 1.03 bits per heavy atom. The molecule has 36 heavy (non-hydrogen) atoms. The van der Waals surface area contributed by atoms with Gasteiger partial charge in [-0.15, -0.1) is 0 Å². The normalized spacial score (nSPS) is 13.1. The summed E-state index contributed by atoms with van der Waals surface area (Å²) in [7, 11) is -3.40. The summed E-state index contributed by atoms with van der Waals surface area (Å²) in [5.41, 5.74) is -2.10. The maximum atomic E-state index is 13.6. The Morgan fingerprint density at radius 2 is 1.69 bits per heavy atom. The summed E-state index contributed by atoms with van der Waals surface area (Å²) >= 11 is 12.6. The molecule has 0 spiro atoms. The lowest BCUT2D eigenvalue weighted by Crippen LogP contribution is -2.19. The van der Waals surface area contributed by atoms with Crippen molar-refractivity contribution < 1.29 is 36.2 Å². The Kier molecular flexibility index (Phi) is 6.82. The SMILES string of the molecule is COC(=O)c1ccc(Cl)c(C(O)c2cc3ccc(C(F)(F)F)cc3n2S(=O)(=O)c2ccccc2)c1Cl. The van der Waals surface area contributed by atoms with Crippen LogP contribution in [0.4, 0.5) is 13.2 Å². The standard InChI is InChI=1S/C24H16Cl2F3NO5S/c1-35-23(32)16-9-10-17(25)20(21(16)26)22(31)19-11-13-7-8-14(24(27,28)29)12-18(13)30(19)36(33,34)15-5-3-2-4-6-15/h2-12,22,31H,1H3. The number of hydrogen-bond donors (Lipinski definition) is 1. The number of hydrogen-bond acceptors (Lipinski definition) is 5. The van der Waals surface area contributed by atoms with Crippen molar-refractivity contribution in [1.29, 1.82) is 0 Å². The first kappa shape index (κ1) is 26.0. The van der Waals surface area contributed by atoms with Gasteiger partial charge in [0.2, 0.25) is 0 Å². The molecular weight excluding hydrogens is 542 g/mol. The van der Waals surface area contributed by atoms with E-state index in [4.69, 9.17) is 23.2 Å². The van der Waals surface area contributed by atoms with Crippen LogP contribution in [0.15, 0.2) is 71.6 Å². The molecule has 1 unspecified atom stereocenters. The fraction of sp³-hybridized carbons (Fsp3) is 0.125. The second kappa shape index (κ2) is 9.44. The minimum atomic E-state index is -4.75. The number of ether oxygens (including phenoxy) is 1. The molecule has 1 heterocycles. The van der Waals surface area contributed by atoms with E-state index in [1.807, 2.05) is 0 Å². The molecule has 0 amide bonds. The van der Waals surface area contributed by atoms with Crippen LogP contribution < -0.4 is 0 Å². The van der Waals surface area contributed by atoms with Gasteiger partial charge < -0.3 is 9.84 Å². The first-order valence-corrected chi connectivity index (χ1v) is 12.3. The van der Waals surface area contributed by atoms with E-state index in [1.54, 1.807) is 6.07 Å². The number of carbonyl (C=O) groups excluding carboxylic acids is 1. The van der Waals surface area contributed by atoms with Crippen LogP contribution in [0.25, 0.3) is 10.9 Å². The second-order valence-corrected chi connectivity index (χ2v) is 10.2. The van der Waals surface area contributed by atoms with Gasteiger partial charge in [0, 0.05) is 16.0 Å². The average Bonchev–Trinajstić information content (AvgIpc) is 3.23. The molecule has 0 bridgehead atoms. The summed E-state index contributed by atoms with van der Waals surface area (Å²) < 4.78 is 73.0. The van der Waals surface area contributed by atoms with Gasteiger partial charge in [-0.3, -0.25) is 0 Å². The number of fused-ring (bicyclic) bond motifs is 1. The topological polar surface area (TPSA) is 85.6 Å². The third kappa shape index (κ3) is 4.45. The molecule has 1 aromatic heterocycles. The summed E-state index contributed by atoms with van der Waals surface area (Å²) in [5.74, 6) is -0.836. The van der Waals surface area contributed by atoms with Gasteiger partial charge in [-0.1, -0.05) is 47.5 Å². The number of aromatic nitrogens is 1. The number of aliphatic hydroxyl groups excluding tert-OH is 1. The van der Waals surface area contributed by atoms with E-state index >= 15 is 0 Å². The van der Waals surface area contributed by atoms with Crippen LogP contribution in [0.2, 0.25) is 10.0 Å². The van der Waals surface area contributed by atoms with Gasteiger partial charge in [0.15, 0.2) is 0 Å². The van der Waals surface area contributed by atoms with Gasteiger partial charge in [0.05, 0.1) is 39.4 Å². The summed E-state index contributed by atoms with van der Waals surface area (Å²) in [6.07, 6.45) is -6.60. The third-order valence-corrected chi connectivity index (χ3v) is 7.97. The monoisotopic (exact) mass is 557 g/mol. The van der Waals surface area contributed by atoms with E-state index in [9.17, 15) is 31.5 Å². The fourth-order valence-electron chi connectivity index (χ4n) is 3.77. The highest BCUT2D eigenvalue weighted by Gasteiger charge is 2.34. The molecule has 188 valence electrons. The summed E-state index contributed by atoms with van der Waals surface area (Å²) in [6, 6.07) is 13.3. The van der Waals surface area contributed by atoms with E-state index in [0.29, 0.717) is 10.0 Å². The van der Waals surface area contributed by atoms with Crippen LogP contribution in [0.1, 0.15) is 33.3 Å². The maximum absolute atomic E-state index is 13.6. The first-order valence-electron chi connectivity index (χ1n) is 10.2. The van der Waals surface area contributed by atoms with Crippen LogP contribution in [0, 0.1) is 0 Å². The number of nitrogens with zero attached hydrogens (tertiary/aromatic N) is 1. The molecule has 0 saturated carbocycles. The molecule has 1 atom stereocenters. The summed E-state index contributed by atoms with van der Waals surface area (Å²) in [5, 5.41) is 11.0. The molecule has 0 aliphatic rings. The lowest BCUT2D eigenvalue weighted by Gasteiger charge is -2.19. The maximum Gasteiger partial charge on any atom is 0.416 e. The highest BCUT2D eigenvalue weighted by atomic mass is 35.5. The van der Waals surface area contributed by atoms with Gasteiger partial charge >= 0.3 is 12.1 Å². The summed E-state index contributed by atoms with van der Waals surface area (Å²) in [6.45, 7) is 0. The van der Waals surface area contributed by atoms with Gasteiger partial charge in [-0.05, 0) is 42.5 Å². The number of alkyl halides is 3. The number of methoxy groups -OCH3 is 1. The molecule has 0 saturated heterocycles. The Hall–Kier alpha value is -3.05. The van der Waals surface area contributed by atoms with E-state index in [-0.39, 0.29) is 42.7 Å². The van der Waals surface area contributed by atoms with Crippen LogP contribution >= 0.6 is 23.2 Å². The Bertz CT molecular complexity index is 1590. The van der Waals surface area contributed by atoms with Crippen LogP contribution in [0.3, 0.4) is 0 Å². The molecular formula is C24H16Cl2F3NO5S. The fourth-order valence-corrected chi connectivity index (χ4v) is 5.98. The Morgan fingerprint density at radius 3 is 2.31 bits per heavy atom. The molecule has 6 nitrogen and oxygen atoms in total. The first-order chi connectivity index (χ1) is 16.9. The van der Waals surface area contributed by atoms with E-state index in [1.165, 1.54) is 42.5 Å². The number of halogens is 5. The molecule has 0 aliphatic carbocycles. The zero-order valence-corrected chi connectivity index (χ0v) is 20.6. The minimum Gasteiger partial charge on any atom is -0.465 e. The molecule has 1 N–H and O–H groups in total. The molecule has 12 heteroatoms. The largest absolute Gasteiger partial charge is 0.465 e. The highest BCUT2D eigenvalue weighted by molar-refractivity contribution is 7.90. The van der Waals surface area contributed by atoms with Crippen molar-refractivity contribution in [3.05, 3.63) is 99.2 Å². The number of aliphatic hydroxyl groups is 1. The molecule has 4 rings (SSSR count). The second-order valence-electron chi connectivity index (χ2n) is 7.64. The van der Waals surface area contributed by atoms with Crippen molar-refractivity contribution in [1.82, 2.24) is 3.97 Å². The molecule has 0 aliphatic heterocycles. The van der Waals surface area contributed by atoms with Gasteiger partial charge in [0.25, 0.3) is 10.0 Å². The minimum absolute atomic E-state index is 0.105. The summed E-state index contributed by atoms with van der Waals surface area (Å²) in [4.78, 5) is 11.9. The van der Waals surface area contributed by atoms with E-state index in [0.717, 1.165) is 19.2 Å². The van der Waals surface area contributed by atoms with Crippen molar-refractivity contribution in [2.24, 2.45) is 0 Å². The van der Waals surface area contributed by atoms with Crippen molar-refractivity contribution in [3.63, 3.8) is 0 Å². The number of esters is 1. The Balaban J connectivity index is 2.05. The van der Waals surface area contributed by atoms with E-state index in [2.05, 4.69) is 4.74 Å². The zero-order valence-electron chi connectivity index (χ0n) is 18.3. The number of benzene rings is 3. The number of carbonyl (C=O) groups is 1. The molecule has 0 fully saturated rings. The smallest absolute Gasteiger partial charge is 0.416 e. The van der Waals surface area contributed by atoms with Crippen LogP contribution in [0.5, 0.6) is 0 Å². The molecule has 4 aromatic rings. The zero-order chi connectivity index (χ0) is 26.4. The quantitative estimate of drug-likeness (QED) is 0.301. The predicted octanol–water partition coefficient (Wildman–Crippen LogP) is 6.07. The van der Waals surface area contributed by atoms with Crippen molar-refractivity contribution in [2.45, 2.75) is 17.2 Å². The van der Waals surface area contributed by atoms with Crippen molar-refractivity contribution in [2.75, 3.05) is 7.11 Å². The Labute approximate surface area is 213 Å². The highest BCUT2D eigenvalue weighted by Crippen LogP contribution is 2.40. The van der Waals surface area contributed by atoms with Crippen LogP contribution in [-0.4, -0.2) is 30.6 Å². The third-order valence-electron chi connectivity index (χ3n) is 5.48.